The van der Waals surface area contributed by atoms with E-state index in [1.165, 1.54) is 0 Å². The molecule has 9 heteroatoms. The Balaban J connectivity index is 1.63. The molecule has 0 aliphatic heterocycles. The molecule has 0 saturated heterocycles. The fraction of sp³-hybridized carbons (Fsp3) is 0.283. The van der Waals surface area contributed by atoms with Crippen LogP contribution in [0.2, 0.25) is 0 Å². The van der Waals surface area contributed by atoms with Crippen molar-refractivity contribution in [2.24, 2.45) is 23.1 Å². The molecule has 0 saturated carbocycles. The van der Waals surface area contributed by atoms with Crippen LogP contribution in [0.3, 0.4) is 0 Å². The molecular weight excluding hydrogens is 775 g/mol. The topological polar surface area (TPSA) is 193 Å². The smallest absolute Gasteiger partial charge is 0.315 e. The van der Waals surface area contributed by atoms with Crippen LogP contribution in [0, 0.1) is 5.92 Å². The van der Waals surface area contributed by atoms with Gasteiger partial charge < -0.3 is 37.6 Å². The van der Waals surface area contributed by atoms with E-state index in [4.69, 9.17) is 17.2 Å². The maximum absolute atomic E-state index is 14.7. The van der Waals surface area contributed by atoms with Crippen LogP contribution in [0.1, 0.15) is 78.3 Å². The molecule has 0 spiro atoms. The van der Waals surface area contributed by atoms with Crippen LogP contribution in [0.5, 0.6) is 0 Å². The lowest BCUT2D eigenvalue weighted by Crippen LogP contribution is -2.65. The van der Waals surface area contributed by atoms with E-state index in [0.29, 0.717) is 27.8 Å². The third-order valence-corrected chi connectivity index (χ3v) is 13.1. The Morgan fingerprint density at radius 3 is 1.27 bits per heavy atom. The number of hydrogen-bond acceptors (Lipinski definition) is 7. The average Bonchev–Trinajstić information content (AvgIpc) is 3.29. The van der Waals surface area contributed by atoms with Gasteiger partial charge >= 0.3 is 11.9 Å². The lowest BCUT2D eigenvalue weighted by molar-refractivity contribution is -0.149. The summed E-state index contributed by atoms with van der Waals surface area (Å²) in [4.78, 5) is 28.6. The van der Waals surface area contributed by atoms with Gasteiger partial charge in [0.2, 0.25) is 0 Å². The largest absolute Gasteiger partial charge is 0.481 e. The quantitative estimate of drug-likeness (QED) is 0.0429. The molecule has 0 aromatic heterocycles. The van der Waals surface area contributed by atoms with Crippen molar-refractivity contribution in [3.05, 3.63) is 215 Å². The minimum atomic E-state index is -2.12. The molecule has 0 aliphatic rings. The first-order valence-corrected chi connectivity index (χ1v) is 21.1. The summed E-state index contributed by atoms with van der Waals surface area (Å²) in [5.41, 5.74) is 20.3. The molecular formula is C53H59N3O6. The summed E-state index contributed by atoms with van der Waals surface area (Å²) in [6.45, 7) is 5.49. The molecule has 10 N–H and O–H groups in total. The molecule has 6 rings (SSSR count). The summed E-state index contributed by atoms with van der Waals surface area (Å²) >= 11 is 0. The van der Waals surface area contributed by atoms with Gasteiger partial charge in [0.25, 0.3) is 0 Å². The van der Waals surface area contributed by atoms with Crippen molar-refractivity contribution < 1.29 is 30.0 Å². The van der Waals surface area contributed by atoms with Crippen molar-refractivity contribution in [3.8, 4) is 0 Å². The zero-order valence-electron chi connectivity index (χ0n) is 35.5. The highest BCUT2D eigenvalue weighted by Crippen LogP contribution is 2.51. The third-order valence-electron chi connectivity index (χ3n) is 13.1. The minimum absolute atomic E-state index is 0.299. The summed E-state index contributed by atoms with van der Waals surface area (Å²) in [6, 6.07) is 51.7. The van der Waals surface area contributed by atoms with Gasteiger partial charge in [0, 0.05) is 35.3 Å². The van der Waals surface area contributed by atoms with Gasteiger partial charge in [0.1, 0.15) is 5.41 Å². The molecule has 0 bridgehead atoms. The van der Waals surface area contributed by atoms with E-state index < -0.39 is 82.7 Å². The number of aliphatic hydroxyl groups is 2. The van der Waals surface area contributed by atoms with Gasteiger partial charge in [-0.3, -0.25) is 9.59 Å². The fourth-order valence-electron chi connectivity index (χ4n) is 9.88. The van der Waals surface area contributed by atoms with Crippen molar-refractivity contribution in [2.75, 3.05) is 0 Å². The maximum Gasteiger partial charge on any atom is 0.315 e. The number of aliphatic carboxylic acids is 2. The maximum atomic E-state index is 14.7. The third kappa shape index (κ3) is 9.00. The monoisotopic (exact) mass is 833 g/mol. The zero-order chi connectivity index (χ0) is 44.7. The van der Waals surface area contributed by atoms with Crippen molar-refractivity contribution in [3.63, 3.8) is 0 Å². The van der Waals surface area contributed by atoms with Gasteiger partial charge in [-0.2, -0.15) is 0 Å². The van der Waals surface area contributed by atoms with Crippen LogP contribution >= 0.6 is 0 Å². The van der Waals surface area contributed by atoms with Gasteiger partial charge in [-0.1, -0.05) is 196 Å². The second-order valence-electron chi connectivity index (χ2n) is 17.3. The number of carboxylic acid groups (broad SMARTS) is 2. The van der Waals surface area contributed by atoms with Gasteiger partial charge in [-0.05, 0) is 46.7 Å². The summed E-state index contributed by atoms with van der Waals surface area (Å²) < 4.78 is 0. The van der Waals surface area contributed by atoms with E-state index in [-0.39, 0.29) is 0 Å². The van der Waals surface area contributed by atoms with Gasteiger partial charge in [-0.15, -0.1) is 0 Å². The first-order chi connectivity index (χ1) is 29.7. The van der Waals surface area contributed by atoms with Crippen molar-refractivity contribution in [1.29, 1.82) is 0 Å². The number of nitrogens with two attached hydrogens (primary N) is 3. The molecule has 0 amide bonds. The van der Waals surface area contributed by atoms with Gasteiger partial charge in [0.15, 0.2) is 0 Å². The Labute approximate surface area is 364 Å². The van der Waals surface area contributed by atoms with E-state index in [1.54, 1.807) is 122 Å². The highest BCUT2D eigenvalue weighted by Gasteiger charge is 2.59. The molecule has 10 atom stereocenters. The van der Waals surface area contributed by atoms with E-state index >= 15 is 0 Å². The molecule has 6 aromatic rings. The number of benzene rings is 6. The number of hydrogen-bond donors (Lipinski definition) is 7. The zero-order valence-corrected chi connectivity index (χ0v) is 35.5. The number of rotatable bonds is 19. The lowest BCUT2D eigenvalue weighted by atomic mass is 9.56. The van der Waals surface area contributed by atoms with E-state index in [2.05, 4.69) is 0 Å². The van der Waals surface area contributed by atoms with Crippen LogP contribution in [0.4, 0.5) is 0 Å². The number of aliphatic hydroxyl groups excluding tert-OH is 2. The molecule has 322 valence electrons. The van der Waals surface area contributed by atoms with Gasteiger partial charge in [-0.25, -0.2) is 0 Å². The number of carboxylic acids is 2. The van der Waals surface area contributed by atoms with E-state index in [1.807, 2.05) is 80.6 Å². The van der Waals surface area contributed by atoms with Crippen LogP contribution in [-0.2, 0) is 26.0 Å². The first-order valence-electron chi connectivity index (χ1n) is 21.1. The minimum Gasteiger partial charge on any atom is -0.481 e. The lowest BCUT2D eigenvalue weighted by Gasteiger charge is -2.51. The molecule has 6 aromatic carbocycles. The van der Waals surface area contributed by atoms with Crippen LogP contribution in [0.15, 0.2) is 182 Å². The molecule has 0 heterocycles. The Kier molecular flexibility index (Phi) is 14.3. The second kappa shape index (κ2) is 19.4. The predicted octanol–water partition coefficient (Wildman–Crippen LogP) is 7.68. The first kappa shape index (κ1) is 45.6. The normalized spacial score (nSPS) is 17.7. The van der Waals surface area contributed by atoms with Crippen molar-refractivity contribution in [1.82, 2.24) is 0 Å². The molecule has 10 unspecified atom stereocenters. The summed E-state index contributed by atoms with van der Waals surface area (Å²) in [6.07, 6.45) is -3.43. The predicted molar refractivity (Wildman–Crippen MR) is 244 cm³/mol. The summed E-state index contributed by atoms with van der Waals surface area (Å²) in [5, 5.41) is 49.5. The fourth-order valence-corrected chi connectivity index (χ4v) is 9.88. The molecule has 9 nitrogen and oxygen atoms in total. The van der Waals surface area contributed by atoms with E-state index in [0.717, 1.165) is 5.56 Å². The second-order valence-corrected chi connectivity index (χ2v) is 17.3. The van der Waals surface area contributed by atoms with Gasteiger partial charge in [0.05, 0.1) is 23.7 Å². The van der Waals surface area contributed by atoms with Crippen molar-refractivity contribution >= 4 is 11.9 Å². The molecule has 0 radical (unpaired) electrons. The van der Waals surface area contributed by atoms with Crippen LogP contribution in [0.25, 0.3) is 0 Å². The highest BCUT2D eigenvalue weighted by atomic mass is 16.4. The Hall–Kier alpha value is -5.94. The standard InChI is InChI=1S/C53H59N3O6/c1-35(54)42(36-22-10-4-11-23-36)45(48(58)59)43(37-24-12-5-13-25-37)46(57)44(38-26-14-6-15-27-38)47(55)52(50(61)62,40-30-18-8-19-31-40)34-53(56,41-32-20-9-21-33-41)49(60)51(2,3)39-28-16-7-17-29-39/h4-33,35,42-47,49,57,60H,34,54-56H2,1-3H3,(H,58,59)(H,61,62). The highest BCUT2D eigenvalue weighted by molar-refractivity contribution is 5.83. The van der Waals surface area contributed by atoms with Crippen molar-refractivity contribution in [2.45, 2.75) is 85.6 Å². The Morgan fingerprint density at radius 2 is 0.887 bits per heavy atom. The molecule has 0 aliphatic carbocycles. The van der Waals surface area contributed by atoms with E-state index in [9.17, 15) is 30.0 Å². The SMILES string of the molecule is CC(N)C(c1ccccc1)C(C(=O)O)C(c1ccccc1)C(O)C(c1ccccc1)C(N)C(CC(N)(c1ccccc1)C(O)C(C)(C)c1ccccc1)(C(=O)O)c1ccccc1. The average molecular weight is 834 g/mol. The summed E-state index contributed by atoms with van der Waals surface area (Å²) in [7, 11) is 0. The Morgan fingerprint density at radius 1 is 0.532 bits per heavy atom. The molecule has 62 heavy (non-hydrogen) atoms. The number of carbonyl (C=O) groups is 2. The molecule has 0 fully saturated rings. The summed E-state index contributed by atoms with van der Waals surface area (Å²) in [5.74, 6) is -7.01. The van der Waals surface area contributed by atoms with Crippen LogP contribution < -0.4 is 17.2 Å². The van der Waals surface area contributed by atoms with Crippen LogP contribution in [-0.4, -0.2) is 56.7 Å². The Bertz CT molecular complexity index is 2330.